The first-order chi connectivity index (χ1) is 9.99. The van der Waals surface area contributed by atoms with Crippen molar-refractivity contribution in [1.29, 1.82) is 0 Å². The van der Waals surface area contributed by atoms with Crippen LogP contribution in [0, 0.1) is 11.8 Å². The van der Waals surface area contributed by atoms with Gasteiger partial charge >= 0.3 is 0 Å². The molecule has 1 unspecified atom stereocenters. The number of hydrogen-bond donors (Lipinski definition) is 1. The molecule has 1 aromatic heterocycles. The predicted octanol–water partition coefficient (Wildman–Crippen LogP) is 2.75. The van der Waals surface area contributed by atoms with E-state index in [1.54, 1.807) is 11.8 Å². The van der Waals surface area contributed by atoms with Crippen molar-refractivity contribution in [3.63, 3.8) is 0 Å². The number of nitrogens with one attached hydrogen (secondary N) is 1. The van der Waals surface area contributed by atoms with Gasteiger partial charge in [0.2, 0.25) is 5.91 Å². The summed E-state index contributed by atoms with van der Waals surface area (Å²) in [5.74, 6) is 1.82. The molecule has 0 saturated heterocycles. The average molecular weight is 312 g/mol. The largest absolute Gasteiger partial charge is 0.356 e. The van der Waals surface area contributed by atoms with Gasteiger partial charge in [-0.3, -0.25) is 4.79 Å². The van der Waals surface area contributed by atoms with Crippen molar-refractivity contribution in [1.82, 2.24) is 20.1 Å². The maximum atomic E-state index is 11.7. The van der Waals surface area contributed by atoms with Gasteiger partial charge in [-0.2, -0.15) is 0 Å². The molecule has 5 nitrogen and oxygen atoms in total. The van der Waals surface area contributed by atoms with Gasteiger partial charge in [-0.1, -0.05) is 39.5 Å². The Morgan fingerprint density at radius 1 is 1.33 bits per heavy atom. The fourth-order valence-electron chi connectivity index (χ4n) is 2.02. The highest BCUT2D eigenvalue weighted by molar-refractivity contribution is 7.98. The first-order valence-corrected chi connectivity index (χ1v) is 8.95. The summed E-state index contributed by atoms with van der Waals surface area (Å²) in [6, 6.07) is 0. The average Bonchev–Trinajstić information content (AvgIpc) is 2.83. The normalized spacial score (nSPS) is 12.7. The molecule has 1 rings (SSSR count). The van der Waals surface area contributed by atoms with Gasteiger partial charge in [0.25, 0.3) is 0 Å². The third-order valence-corrected chi connectivity index (χ3v) is 4.13. The minimum atomic E-state index is 0.0951. The van der Waals surface area contributed by atoms with Gasteiger partial charge in [0.1, 0.15) is 5.82 Å². The monoisotopic (exact) mass is 312 g/mol. The van der Waals surface area contributed by atoms with Crippen molar-refractivity contribution in [3.05, 3.63) is 5.82 Å². The molecule has 1 atom stereocenters. The summed E-state index contributed by atoms with van der Waals surface area (Å²) >= 11 is 1.63. The van der Waals surface area contributed by atoms with E-state index >= 15 is 0 Å². The Balaban J connectivity index is 2.48. The zero-order valence-corrected chi connectivity index (χ0v) is 14.7. The van der Waals surface area contributed by atoms with E-state index in [-0.39, 0.29) is 11.8 Å². The summed E-state index contributed by atoms with van der Waals surface area (Å²) in [5.41, 5.74) is 0. The predicted molar refractivity (Wildman–Crippen MR) is 87.4 cm³/mol. The lowest BCUT2D eigenvalue weighted by molar-refractivity contribution is -0.124. The second kappa shape index (κ2) is 9.07. The number of amides is 1. The number of thioether (sulfide) groups is 1. The third-order valence-electron chi connectivity index (χ3n) is 3.46. The molecule has 0 fully saturated rings. The van der Waals surface area contributed by atoms with Gasteiger partial charge in [-0.05, 0) is 25.0 Å². The first kappa shape index (κ1) is 18.0. The smallest absolute Gasteiger partial charge is 0.222 e. The van der Waals surface area contributed by atoms with Crippen LogP contribution < -0.4 is 5.32 Å². The molecule has 0 bridgehead atoms. The number of nitrogens with zero attached hydrogens (tertiary/aromatic N) is 3. The molecular formula is C15H28N4OS. The van der Waals surface area contributed by atoms with Crippen molar-refractivity contribution < 1.29 is 4.79 Å². The van der Waals surface area contributed by atoms with Gasteiger partial charge in [0.15, 0.2) is 5.16 Å². The summed E-state index contributed by atoms with van der Waals surface area (Å²) in [6.07, 6.45) is 4.65. The minimum Gasteiger partial charge on any atom is -0.356 e. The molecule has 21 heavy (non-hydrogen) atoms. The van der Waals surface area contributed by atoms with Crippen LogP contribution in [0.3, 0.4) is 0 Å². The van der Waals surface area contributed by atoms with Crippen molar-refractivity contribution in [3.8, 4) is 0 Å². The fourth-order valence-corrected chi connectivity index (χ4v) is 2.54. The Hall–Kier alpha value is -1.04. The van der Waals surface area contributed by atoms with E-state index in [9.17, 15) is 4.79 Å². The molecule has 0 saturated carbocycles. The van der Waals surface area contributed by atoms with Gasteiger partial charge in [0, 0.05) is 25.4 Å². The van der Waals surface area contributed by atoms with Crippen molar-refractivity contribution in [2.75, 3.05) is 12.8 Å². The van der Waals surface area contributed by atoms with Gasteiger partial charge in [-0.25, -0.2) is 0 Å². The van der Waals surface area contributed by atoms with Crippen LogP contribution in [0.15, 0.2) is 5.16 Å². The molecule has 1 heterocycles. The summed E-state index contributed by atoms with van der Waals surface area (Å²) in [4.78, 5) is 11.7. The van der Waals surface area contributed by atoms with Crippen LogP contribution >= 0.6 is 11.8 Å². The van der Waals surface area contributed by atoms with Crippen LogP contribution in [0.4, 0.5) is 0 Å². The highest BCUT2D eigenvalue weighted by Crippen LogP contribution is 2.16. The SMILES string of the molecule is CCC(C)C(=O)NCCCc1nnc(SC)n1CC(C)C. The van der Waals surface area contributed by atoms with Crippen LogP contribution in [-0.4, -0.2) is 33.5 Å². The molecule has 0 aromatic carbocycles. The standard InChI is InChI=1S/C15H28N4OS/c1-6-12(4)14(20)16-9-7-8-13-17-18-15(21-5)19(13)10-11(2)3/h11-12H,6-10H2,1-5H3,(H,16,20). The zero-order valence-electron chi connectivity index (χ0n) is 13.8. The minimum absolute atomic E-state index is 0.0951. The number of aryl methyl sites for hydroxylation is 1. The Morgan fingerprint density at radius 2 is 2.05 bits per heavy atom. The lowest BCUT2D eigenvalue weighted by Crippen LogP contribution is -2.30. The van der Waals surface area contributed by atoms with Gasteiger partial charge < -0.3 is 9.88 Å². The van der Waals surface area contributed by atoms with E-state index in [0.717, 1.165) is 36.8 Å². The second-order valence-electron chi connectivity index (χ2n) is 5.81. The maximum Gasteiger partial charge on any atom is 0.222 e. The van der Waals surface area contributed by atoms with E-state index in [0.29, 0.717) is 12.5 Å². The fraction of sp³-hybridized carbons (Fsp3) is 0.800. The number of rotatable bonds is 9. The molecule has 0 aliphatic heterocycles. The molecule has 0 radical (unpaired) electrons. The number of aromatic nitrogens is 3. The van der Waals surface area contributed by atoms with E-state index in [2.05, 4.69) is 33.9 Å². The summed E-state index contributed by atoms with van der Waals surface area (Å²) in [7, 11) is 0. The Morgan fingerprint density at radius 3 is 2.62 bits per heavy atom. The highest BCUT2D eigenvalue weighted by Gasteiger charge is 2.13. The number of carbonyl (C=O) groups excluding carboxylic acids is 1. The van der Waals surface area contributed by atoms with E-state index in [1.807, 2.05) is 20.1 Å². The van der Waals surface area contributed by atoms with Crippen LogP contribution in [0.25, 0.3) is 0 Å². The van der Waals surface area contributed by atoms with Crippen molar-refractivity contribution in [2.24, 2.45) is 11.8 Å². The Labute approximate surface area is 132 Å². The molecule has 0 aliphatic carbocycles. The summed E-state index contributed by atoms with van der Waals surface area (Å²) in [5, 5.41) is 12.5. The highest BCUT2D eigenvalue weighted by atomic mass is 32.2. The number of carbonyl (C=O) groups is 1. The molecule has 0 aliphatic rings. The first-order valence-electron chi connectivity index (χ1n) is 7.73. The summed E-state index contributed by atoms with van der Waals surface area (Å²) < 4.78 is 2.20. The van der Waals surface area contributed by atoms with Gasteiger partial charge in [-0.15, -0.1) is 10.2 Å². The van der Waals surface area contributed by atoms with E-state index in [1.165, 1.54) is 0 Å². The lowest BCUT2D eigenvalue weighted by atomic mass is 10.1. The molecule has 1 amide bonds. The van der Waals surface area contributed by atoms with Crippen LogP contribution in [0.1, 0.15) is 46.4 Å². The molecular weight excluding hydrogens is 284 g/mol. The second-order valence-corrected chi connectivity index (χ2v) is 6.58. The van der Waals surface area contributed by atoms with Crippen molar-refractivity contribution in [2.45, 2.75) is 58.7 Å². The molecule has 6 heteroatoms. The Kier molecular flexibility index (Phi) is 7.78. The number of hydrogen-bond acceptors (Lipinski definition) is 4. The third kappa shape index (κ3) is 5.69. The molecule has 1 N–H and O–H groups in total. The topological polar surface area (TPSA) is 59.8 Å². The Bertz CT molecular complexity index is 445. The molecule has 1 aromatic rings. The van der Waals surface area contributed by atoms with Crippen LogP contribution in [-0.2, 0) is 17.8 Å². The zero-order chi connectivity index (χ0) is 15.8. The quantitative estimate of drug-likeness (QED) is 0.562. The van der Waals surface area contributed by atoms with E-state index in [4.69, 9.17) is 0 Å². The molecule has 120 valence electrons. The molecule has 0 spiro atoms. The van der Waals surface area contributed by atoms with Crippen LogP contribution in [0.2, 0.25) is 0 Å². The van der Waals surface area contributed by atoms with Gasteiger partial charge in [0.05, 0.1) is 0 Å². The van der Waals surface area contributed by atoms with E-state index < -0.39 is 0 Å². The maximum absolute atomic E-state index is 11.7. The van der Waals surface area contributed by atoms with Crippen molar-refractivity contribution >= 4 is 17.7 Å². The lowest BCUT2D eigenvalue weighted by Gasteiger charge is -2.12. The summed E-state index contributed by atoms with van der Waals surface area (Å²) in [6.45, 7) is 10.0. The van der Waals surface area contributed by atoms with Crippen LogP contribution in [0.5, 0.6) is 0 Å².